The van der Waals surface area contributed by atoms with E-state index in [-0.39, 0.29) is 37.2 Å². The molecule has 12 nitrogen and oxygen atoms in total. The van der Waals surface area contributed by atoms with Gasteiger partial charge in [-0.3, -0.25) is 9.69 Å². The van der Waals surface area contributed by atoms with Crippen molar-refractivity contribution in [1.29, 1.82) is 0 Å². The standard InChI is InChI=1S/C44H48N4O8/c49-37-17-15-35(36-16-18-40(51)46-42(36)37)38(50)26-45-21-4-5-24-54-43(52)32-13-11-29(12-14-32)28-55-34-10-6-9-33(25-34)41(31-7-2-1-3-8-31)47-44(53)56-39-27-48-22-19-30(39)20-23-48/h1-3,6-18,25,30,38-39,41,45,49-50H,4-5,19-24,26-28H2,(H,46,51)(H,47,53)/t38-,39-,41?/m0/s1. The Morgan fingerprint density at radius 1 is 0.893 bits per heavy atom. The zero-order valence-corrected chi connectivity index (χ0v) is 31.2. The van der Waals surface area contributed by atoms with Crippen molar-refractivity contribution in [2.24, 2.45) is 5.92 Å². The minimum absolute atomic E-state index is 0.0542. The number of carbonyl (C=O) groups is 2. The highest BCUT2D eigenvalue weighted by Crippen LogP contribution is 2.31. The smallest absolute Gasteiger partial charge is 0.408 e. The van der Waals surface area contributed by atoms with Gasteiger partial charge in [-0.05, 0) is 110 Å². The van der Waals surface area contributed by atoms with Crippen LogP contribution in [0.5, 0.6) is 11.5 Å². The fraction of sp³-hybridized carbons (Fsp3) is 0.341. The molecule has 5 aromatic rings. The SMILES string of the molecule is O=C(NC(c1ccccc1)c1cccc(OCc2ccc(C(=O)OCCCCNC[C@H](O)c3ccc(O)c4[nH]c(=O)ccc34)cc2)c1)O[C@H]1CN2CCC1CC2. The van der Waals surface area contributed by atoms with E-state index in [1.165, 1.54) is 12.1 Å². The third-order valence-corrected chi connectivity index (χ3v) is 10.6. The van der Waals surface area contributed by atoms with Gasteiger partial charge in [0.25, 0.3) is 0 Å². The molecule has 3 saturated heterocycles. The number of aliphatic hydroxyl groups excluding tert-OH is 1. The highest BCUT2D eigenvalue weighted by Gasteiger charge is 2.37. The lowest BCUT2D eigenvalue weighted by Crippen LogP contribution is -2.52. The Morgan fingerprint density at radius 3 is 2.45 bits per heavy atom. The number of phenols is 1. The zero-order valence-electron chi connectivity index (χ0n) is 31.2. The molecule has 0 saturated carbocycles. The quantitative estimate of drug-likeness (QED) is 0.0598. The fourth-order valence-corrected chi connectivity index (χ4v) is 7.52. The molecule has 3 atom stereocenters. The van der Waals surface area contributed by atoms with E-state index in [1.807, 2.05) is 66.7 Å². The second-order valence-corrected chi connectivity index (χ2v) is 14.5. The summed E-state index contributed by atoms with van der Waals surface area (Å²) < 4.78 is 17.6. The van der Waals surface area contributed by atoms with Crippen LogP contribution in [-0.2, 0) is 16.1 Å². The molecule has 2 bridgehead atoms. The second kappa shape index (κ2) is 18.3. The number of aromatic hydroxyl groups is 1. The van der Waals surface area contributed by atoms with Crippen molar-refractivity contribution in [2.45, 2.75) is 50.5 Å². The summed E-state index contributed by atoms with van der Waals surface area (Å²) in [6.45, 7) is 4.38. The number of piperidine rings is 3. The average Bonchev–Trinajstić information content (AvgIpc) is 3.23. The van der Waals surface area contributed by atoms with Crippen molar-refractivity contribution in [3.8, 4) is 11.5 Å². The summed E-state index contributed by atoms with van der Waals surface area (Å²) in [5.74, 6) is 0.608. The third kappa shape index (κ3) is 9.75. The number of ether oxygens (including phenoxy) is 3. The summed E-state index contributed by atoms with van der Waals surface area (Å²) in [7, 11) is 0. The number of nitrogens with one attached hydrogen (secondary N) is 3. The Bertz CT molecular complexity index is 2150. The molecule has 5 N–H and O–H groups in total. The lowest BCUT2D eigenvalue weighted by molar-refractivity contribution is -0.0336. The van der Waals surface area contributed by atoms with Gasteiger partial charge in [-0.15, -0.1) is 0 Å². The van der Waals surface area contributed by atoms with E-state index in [0.717, 1.165) is 55.6 Å². The van der Waals surface area contributed by atoms with Crippen molar-refractivity contribution in [3.63, 3.8) is 0 Å². The number of amides is 1. The van der Waals surface area contributed by atoms with Crippen LogP contribution in [0, 0.1) is 5.92 Å². The van der Waals surface area contributed by atoms with E-state index in [9.17, 15) is 24.6 Å². The first kappa shape index (κ1) is 38.6. The van der Waals surface area contributed by atoms with Gasteiger partial charge in [-0.25, -0.2) is 9.59 Å². The summed E-state index contributed by atoms with van der Waals surface area (Å²) in [6, 6.07) is 30.2. The summed E-state index contributed by atoms with van der Waals surface area (Å²) in [5, 5.41) is 27.7. The topological polar surface area (TPSA) is 162 Å². The second-order valence-electron chi connectivity index (χ2n) is 14.5. The molecule has 0 spiro atoms. The third-order valence-electron chi connectivity index (χ3n) is 10.6. The molecule has 1 amide bonds. The van der Waals surface area contributed by atoms with Crippen LogP contribution >= 0.6 is 0 Å². The number of aromatic amines is 1. The number of carbonyl (C=O) groups excluding carboxylic acids is 2. The number of H-pyrrole nitrogens is 1. The van der Waals surface area contributed by atoms with Gasteiger partial charge in [0, 0.05) is 24.5 Å². The number of unbranched alkanes of at least 4 members (excludes halogenated alkanes) is 1. The minimum atomic E-state index is -0.841. The summed E-state index contributed by atoms with van der Waals surface area (Å²) in [5.41, 5.74) is 3.69. The van der Waals surface area contributed by atoms with E-state index in [1.54, 1.807) is 24.3 Å². The highest BCUT2D eigenvalue weighted by atomic mass is 16.6. The van der Waals surface area contributed by atoms with Crippen LogP contribution in [0.1, 0.15) is 70.4 Å². The molecule has 0 radical (unpaired) electrons. The Labute approximate surface area is 325 Å². The Hall–Kier alpha value is -5.69. The number of esters is 1. The molecule has 3 aliphatic rings. The number of fused-ring (bicyclic) bond motifs is 4. The number of benzene rings is 4. The van der Waals surface area contributed by atoms with E-state index in [2.05, 4.69) is 20.5 Å². The molecule has 8 rings (SSSR count). The molecule has 4 aromatic carbocycles. The summed E-state index contributed by atoms with van der Waals surface area (Å²) >= 11 is 0. The van der Waals surface area contributed by atoms with Crippen LogP contribution in [0.4, 0.5) is 4.79 Å². The molecular weight excluding hydrogens is 713 g/mol. The number of nitrogens with zero attached hydrogens (tertiary/aromatic N) is 1. The molecule has 3 fully saturated rings. The van der Waals surface area contributed by atoms with Gasteiger partial charge in [0.05, 0.1) is 29.8 Å². The molecule has 292 valence electrons. The lowest BCUT2D eigenvalue weighted by atomic mass is 9.86. The van der Waals surface area contributed by atoms with Crippen molar-refractivity contribution < 1.29 is 34.0 Å². The number of phenolic OH excluding ortho intramolecular Hbond substituents is 1. The van der Waals surface area contributed by atoms with Gasteiger partial charge in [0.2, 0.25) is 5.56 Å². The molecule has 56 heavy (non-hydrogen) atoms. The minimum Gasteiger partial charge on any atom is -0.506 e. The number of aliphatic hydroxyl groups is 1. The number of rotatable bonds is 16. The van der Waals surface area contributed by atoms with Crippen molar-refractivity contribution in [1.82, 2.24) is 20.5 Å². The van der Waals surface area contributed by atoms with Gasteiger partial charge in [-0.2, -0.15) is 0 Å². The normalized spacial score (nSPS) is 18.6. The van der Waals surface area contributed by atoms with E-state index in [0.29, 0.717) is 46.7 Å². The van der Waals surface area contributed by atoms with Crippen molar-refractivity contribution >= 4 is 23.0 Å². The largest absolute Gasteiger partial charge is 0.506 e. The number of aromatic nitrogens is 1. The molecule has 12 heteroatoms. The van der Waals surface area contributed by atoms with E-state index >= 15 is 0 Å². The highest BCUT2D eigenvalue weighted by molar-refractivity contribution is 5.89. The van der Waals surface area contributed by atoms with Crippen LogP contribution in [0.2, 0.25) is 0 Å². The van der Waals surface area contributed by atoms with Gasteiger partial charge < -0.3 is 40.0 Å². The lowest BCUT2D eigenvalue weighted by Gasteiger charge is -2.43. The van der Waals surface area contributed by atoms with Crippen molar-refractivity contribution in [2.75, 3.05) is 39.3 Å². The maximum atomic E-state index is 13.2. The monoisotopic (exact) mass is 760 g/mol. The Morgan fingerprint density at radius 2 is 1.68 bits per heavy atom. The average molecular weight is 761 g/mol. The van der Waals surface area contributed by atoms with Crippen LogP contribution in [-0.4, -0.2) is 77.6 Å². The van der Waals surface area contributed by atoms with E-state index in [4.69, 9.17) is 14.2 Å². The van der Waals surface area contributed by atoms with Gasteiger partial charge in [0.1, 0.15) is 24.2 Å². The fourth-order valence-electron chi connectivity index (χ4n) is 7.52. The number of alkyl carbamates (subject to hydrolysis) is 1. The molecule has 4 heterocycles. The maximum absolute atomic E-state index is 13.2. The predicted molar refractivity (Wildman–Crippen MR) is 212 cm³/mol. The summed E-state index contributed by atoms with van der Waals surface area (Å²) in [4.78, 5) is 42.5. The van der Waals surface area contributed by atoms with Gasteiger partial charge in [-0.1, -0.05) is 60.7 Å². The molecule has 1 aromatic heterocycles. The predicted octanol–water partition coefficient (Wildman–Crippen LogP) is 5.98. The number of hydrogen-bond donors (Lipinski definition) is 5. The number of pyridine rings is 1. The Kier molecular flexibility index (Phi) is 12.6. The molecule has 3 aliphatic heterocycles. The van der Waals surface area contributed by atoms with Crippen molar-refractivity contribution in [3.05, 3.63) is 141 Å². The number of hydrogen-bond acceptors (Lipinski definition) is 10. The Balaban J connectivity index is 0.844. The molecule has 0 aliphatic carbocycles. The maximum Gasteiger partial charge on any atom is 0.408 e. The zero-order chi connectivity index (χ0) is 38.9. The molecular formula is C44H48N4O8. The van der Waals surface area contributed by atoms with Gasteiger partial charge in [0.15, 0.2) is 0 Å². The summed E-state index contributed by atoms with van der Waals surface area (Å²) in [6.07, 6.45) is 2.15. The van der Waals surface area contributed by atoms with Crippen LogP contribution in [0.15, 0.2) is 108 Å². The van der Waals surface area contributed by atoms with E-state index < -0.39 is 24.2 Å². The van der Waals surface area contributed by atoms with Crippen LogP contribution in [0.3, 0.4) is 0 Å². The van der Waals surface area contributed by atoms with Crippen LogP contribution in [0.25, 0.3) is 10.9 Å². The first-order valence-corrected chi connectivity index (χ1v) is 19.3. The van der Waals surface area contributed by atoms with Gasteiger partial charge >= 0.3 is 12.1 Å². The first-order chi connectivity index (χ1) is 27.3. The first-order valence-electron chi connectivity index (χ1n) is 19.3. The van der Waals surface area contributed by atoms with Crippen LogP contribution < -0.4 is 20.9 Å². The molecule has 1 unspecified atom stereocenters.